The van der Waals surface area contributed by atoms with Crippen LogP contribution in [-0.2, 0) is 11.8 Å². The van der Waals surface area contributed by atoms with Crippen molar-refractivity contribution in [2.24, 2.45) is 7.05 Å². The molecule has 1 heterocycles. The summed E-state index contributed by atoms with van der Waals surface area (Å²) in [6.45, 7) is 11.5. The molecule has 0 saturated heterocycles. The van der Waals surface area contributed by atoms with Crippen molar-refractivity contribution >= 4 is 11.5 Å². The molecule has 0 amide bonds. The Morgan fingerprint density at radius 1 is 1.39 bits per heavy atom. The van der Waals surface area contributed by atoms with Crippen LogP contribution in [-0.4, -0.2) is 36.1 Å². The molecule has 0 spiro atoms. The Balaban J connectivity index is 2.91. The summed E-state index contributed by atoms with van der Waals surface area (Å²) in [5.41, 5.74) is 7.99. The summed E-state index contributed by atoms with van der Waals surface area (Å²) < 4.78 is 7.28. The summed E-state index contributed by atoms with van der Waals surface area (Å²) in [5.74, 6) is 1.34. The molecule has 1 aromatic heterocycles. The lowest BCUT2D eigenvalue weighted by Crippen LogP contribution is -2.29. The Morgan fingerprint density at radius 3 is 2.50 bits per heavy atom. The van der Waals surface area contributed by atoms with Crippen LogP contribution in [0.1, 0.15) is 39.3 Å². The number of ether oxygens (including phenoxy) is 1. The molecule has 1 rings (SSSR count). The molecule has 1 aromatic rings. The second kappa shape index (κ2) is 6.64. The summed E-state index contributed by atoms with van der Waals surface area (Å²) >= 11 is 0. The van der Waals surface area contributed by atoms with E-state index in [4.69, 9.17) is 10.5 Å². The number of hydrogen-bond donors (Lipinski definition) is 1. The van der Waals surface area contributed by atoms with Gasteiger partial charge in [-0.15, -0.1) is 0 Å². The number of rotatable bonds is 7. The van der Waals surface area contributed by atoms with Crippen LogP contribution < -0.4 is 10.6 Å². The third kappa shape index (κ3) is 3.16. The number of likely N-dealkylation sites (N-methyl/N-ethyl adjacent to an activating group) is 1. The first kappa shape index (κ1) is 14.8. The minimum Gasteiger partial charge on any atom is -0.394 e. The van der Waals surface area contributed by atoms with Crippen LogP contribution in [0.25, 0.3) is 0 Å². The van der Waals surface area contributed by atoms with Crippen LogP contribution in [0.2, 0.25) is 0 Å². The van der Waals surface area contributed by atoms with E-state index in [2.05, 4.69) is 30.8 Å². The second-order valence-electron chi connectivity index (χ2n) is 4.68. The molecule has 0 unspecified atom stereocenters. The molecule has 0 radical (unpaired) electrons. The van der Waals surface area contributed by atoms with E-state index in [9.17, 15) is 0 Å². The molecule has 0 aliphatic carbocycles. The Hall–Kier alpha value is -1.23. The SMILES string of the molecule is CCOCCN(CC)c1c(N)c(C(C)C)nn1C. The molecule has 0 aromatic carbocycles. The molecule has 0 bridgehead atoms. The van der Waals surface area contributed by atoms with Gasteiger partial charge in [0.2, 0.25) is 0 Å². The highest BCUT2D eigenvalue weighted by molar-refractivity contribution is 5.67. The van der Waals surface area contributed by atoms with E-state index >= 15 is 0 Å². The molecule has 0 saturated carbocycles. The third-order valence-electron chi connectivity index (χ3n) is 3.02. The average Bonchev–Trinajstić information content (AvgIpc) is 2.62. The van der Waals surface area contributed by atoms with Crippen molar-refractivity contribution in [3.63, 3.8) is 0 Å². The van der Waals surface area contributed by atoms with Gasteiger partial charge in [0, 0.05) is 26.7 Å². The van der Waals surface area contributed by atoms with Gasteiger partial charge in [-0.3, -0.25) is 4.68 Å². The van der Waals surface area contributed by atoms with E-state index in [1.807, 2.05) is 18.7 Å². The van der Waals surface area contributed by atoms with Crippen molar-refractivity contribution < 1.29 is 4.74 Å². The van der Waals surface area contributed by atoms with Gasteiger partial charge in [0.05, 0.1) is 18.0 Å². The molecule has 0 aliphatic heterocycles. The number of hydrogen-bond acceptors (Lipinski definition) is 4. The molecule has 104 valence electrons. The molecular formula is C13H26N4O. The Morgan fingerprint density at radius 2 is 2.06 bits per heavy atom. The second-order valence-corrected chi connectivity index (χ2v) is 4.68. The van der Waals surface area contributed by atoms with Crippen molar-refractivity contribution in [2.45, 2.75) is 33.6 Å². The quantitative estimate of drug-likeness (QED) is 0.756. The van der Waals surface area contributed by atoms with Gasteiger partial charge in [-0.1, -0.05) is 13.8 Å². The molecule has 2 N–H and O–H groups in total. The predicted molar refractivity (Wildman–Crippen MR) is 76.1 cm³/mol. The van der Waals surface area contributed by atoms with Gasteiger partial charge in [-0.2, -0.15) is 5.10 Å². The first-order valence-corrected chi connectivity index (χ1v) is 6.67. The maximum Gasteiger partial charge on any atom is 0.150 e. The number of nitrogens with zero attached hydrogens (tertiary/aromatic N) is 3. The highest BCUT2D eigenvalue weighted by atomic mass is 16.5. The molecular weight excluding hydrogens is 228 g/mol. The molecule has 5 heteroatoms. The van der Waals surface area contributed by atoms with E-state index in [1.165, 1.54) is 0 Å². The van der Waals surface area contributed by atoms with Gasteiger partial charge in [-0.25, -0.2) is 0 Å². The van der Waals surface area contributed by atoms with Gasteiger partial charge in [0.15, 0.2) is 0 Å². The third-order valence-corrected chi connectivity index (χ3v) is 3.02. The van der Waals surface area contributed by atoms with Gasteiger partial charge in [0.1, 0.15) is 5.82 Å². The van der Waals surface area contributed by atoms with E-state index in [0.29, 0.717) is 12.5 Å². The fourth-order valence-electron chi connectivity index (χ4n) is 2.09. The van der Waals surface area contributed by atoms with Crippen molar-refractivity contribution in [3.05, 3.63) is 5.69 Å². The van der Waals surface area contributed by atoms with Crippen LogP contribution in [0.4, 0.5) is 11.5 Å². The lowest BCUT2D eigenvalue weighted by Gasteiger charge is -2.23. The zero-order valence-corrected chi connectivity index (χ0v) is 12.2. The van der Waals surface area contributed by atoms with Crippen LogP contribution >= 0.6 is 0 Å². The van der Waals surface area contributed by atoms with E-state index in [1.54, 1.807) is 0 Å². The Kier molecular flexibility index (Phi) is 5.47. The van der Waals surface area contributed by atoms with Crippen molar-refractivity contribution in [2.75, 3.05) is 36.9 Å². The number of nitrogen functional groups attached to an aromatic ring is 1. The summed E-state index contributed by atoms with van der Waals surface area (Å²) in [7, 11) is 1.95. The normalized spacial score (nSPS) is 11.2. The Labute approximate surface area is 110 Å². The lowest BCUT2D eigenvalue weighted by molar-refractivity contribution is 0.154. The predicted octanol–water partition coefficient (Wildman–Crippen LogP) is 1.99. The van der Waals surface area contributed by atoms with Crippen molar-refractivity contribution in [1.29, 1.82) is 0 Å². The van der Waals surface area contributed by atoms with Gasteiger partial charge >= 0.3 is 0 Å². The van der Waals surface area contributed by atoms with Crippen molar-refractivity contribution in [1.82, 2.24) is 9.78 Å². The van der Waals surface area contributed by atoms with E-state index in [0.717, 1.165) is 36.9 Å². The first-order chi connectivity index (χ1) is 8.52. The maximum atomic E-state index is 6.22. The van der Waals surface area contributed by atoms with Crippen LogP contribution in [0.3, 0.4) is 0 Å². The molecule has 18 heavy (non-hydrogen) atoms. The minimum absolute atomic E-state index is 0.343. The smallest absolute Gasteiger partial charge is 0.150 e. The maximum absolute atomic E-state index is 6.22. The monoisotopic (exact) mass is 254 g/mol. The molecule has 0 atom stereocenters. The standard InChI is InChI=1S/C13H26N4O/c1-6-17(8-9-18-7-2)13-11(14)12(10(3)4)15-16(13)5/h10H,6-9,14H2,1-5H3. The van der Waals surface area contributed by atoms with Gasteiger partial charge < -0.3 is 15.4 Å². The number of aromatic nitrogens is 2. The zero-order chi connectivity index (χ0) is 13.7. The van der Waals surface area contributed by atoms with E-state index < -0.39 is 0 Å². The number of anilines is 2. The largest absolute Gasteiger partial charge is 0.394 e. The number of nitrogens with two attached hydrogens (primary N) is 1. The Bertz CT molecular complexity index is 373. The highest BCUT2D eigenvalue weighted by Crippen LogP contribution is 2.30. The summed E-state index contributed by atoms with van der Waals surface area (Å²) in [6, 6.07) is 0. The summed E-state index contributed by atoms with van der Waals surface area (Å²) in [5, 5.41) is 4.52. The van der Waals surface area contributed by atoms with Crippen LogP contribution in [0.5, 0.6) is 0 Å². The fraction of sp³-hybridized carbons (Fsp3) is 0.769. The first-order valence-electron chi connectivity index (χ1n) is 6.67. The zero-order valence-electron chi connectivity index (χ0n) is 12.2. The molecule has 5 nitrogen and oxygen atoms in total. The van der Waals surface area contributed by atoms with E-state index in [-0.39, 0.29) is 0 Å². The average molecular weight is 254 g/mol. The highest BCUT2D eigenvalue weighted by Gasteiger charge is 2.19. The number of aryl methyl sites for hydroxylation is 1. The van der Waals surface area contributed by atoms with Crippen molar-refractivity contribution in [3.8, 4) is 0 Å². The van der Waals surface area contributed by atoms with Gasteiger partial charge in [0.25, 0.3) is 0 Å². The molecule has 0 aliphatic rings. The lowest BCUT2D eigenvalue weighted by atomic mass is 10.1. The molecule has 0 fully saturated rings. The summed E-state index contributed by atoms with van der Waals surface area (Å²) in [6.07, 6.45) is 0. The van der Waals surface area contributed by atoms with Gasteiger partial charge in [-0.05, 0) is 19.8 Å². The van der Waals surface area contributed by atoms with Crippen LogP contribution in [0.15, 0.2) is 0 Å². The topological polar surface area (TPSA) is 56.3 Å². The van der Waals surface area contributed by atoms with Crippen LogP contribution in [0, 0.1) is 0 Å². The minimum atomic E-state index is 0.343. The summed E-state index contributed by atoms with van der Waals surface area (Å²) in [4.78, 5) is 2.21. The fourth-order valence-corrected chi connectivity index (χ4v) is 2.09.